The maximum Gasteiger partial charge on any atom is 0.336 e. The summed E-state index contributed by atoms with van der Waals surface area (Å²) < 4.78 is 31.9. The largest absolute Gasteiger partial charge is 0.423 e. The van der Waals surface area contributed by atoms with Crippen LogP contribution in [0.3, 0.4) is 0 Å². The highest BCUT2D eigenvalue weighted by atomic mass is 32.2. The van der Waals surface area contributed by atoms with Gasteiger partial charge in [0.2, 0.25) is 10.0 Å². The van der Waals surface area contributed by atoms with Gasteiger partial charge >= 0.3 is 5.63 Å². The molecule has 0 bridgehead atoms. The number of rotatable bonds is 6. The normalized spacial score (nSPS) is 15.4. The van der Waals surface area contributed by atoms with E-state index < -0.39 is 15.6 Å². The molecule has 0 aliphatic heterocycles. The third-order valence-electron chi connectivity index (χ3n) is 3.33. The van der Waals surface area contributed by atoms with E-state index in [1.54, 1.807) is 6.07 Å². The van der Waals surface area contributed by atoms with Gasteiger partial charge in [0.05, 0.1) is 4.90 Å². The number of fused-ring (bicyclic) bond motifs is 1. The minimum absolute atomic E-state index is 0.162. The molecule has 6 nitrogen and oxygen atoms in total. The second kappa shape index (κ2) is 5.59. The molecule has 0 saturated heterocycles. The molecular formula is C14H16N2O4S. The number of benzene rings is 1. The monoisotopic (exact) mass is 308 g/mol. The molecule has 1 aliphatic carbocycles. The van der Waals surface area contributed by atoms with Crippen LogP contribution in [0.25, 0.3) is 11.0 Å². The van der Waals surface area contributed by atoms with Gasteiger partial charge in [-0.25, -0.2) is 17.9 Å². The Bertz CT molecular complexity index is 809. The van der Waals surface area contributed by atoms with Crippen molar-refractivity contribution in [3.8, 4) is 0 Å². The van der Waals surface area contributed by atoms with Gasteiger partial charge in [-0.1, -0.05) is 0 Å². The summed E-state index contributed by atoms with van der Waals surface area (Å²) in [7, 11) is -3.55. The van der Waals surface area contributed by atoms with E-state index in [0.29, 0.717) is 30.1 Å². The summed E-state index contributed by atoms with van der Waals surface area (Å²) in [4.78, 5) is 11.3. The molecule has 1 aromatic carbocycles. The lowest BCUT2D eigenvalue weighted by Crippen LogP contribution is -2.32. The van der Waals surface area contributed by atoms with Crippen LogP contribution in [0.2, 0.25) is 0 Å². The van der Waals surface area contributed by atoms with Crippen molar-refractivity contribution in [1.82, 2.24) is 10.0 Å². The van der Waals surface area contributed by atoms with Crippen molar-refractivity contribution in [3.05, 3.63) is 40.8 Å². The van der Waals surface area contributed by atoms with Gasteiger partial charge < -0.3 is 9.73 Å². The van der Waals surface area contributed by atoms with Crippen molar-refractivity contribution in [2.24, 2.45) is 0 Å². The van der Waals surface area contributed by atoms with Crippen LogP contribution in [-0.2, 0) is 10.0 Å². The molecule has 21 heavy (non-hydrogen) atoms. The van der Waals surface area contributed by atoms with Crippen molar-refractivity contribution in [3.63, 3.8) is 0 Å². The molecule has 7 heteroatoms. The molecular weight excluding hydrogens is 292 g/mol. The summed E-state index contributed by atoms with van der Waals surface area (Å²) in [6.45, 7) is 0.965. The van der Waals surface area contributed by atoms with Crippen LogP contribution in [0.1, 0.15) is 12.8 Å². The average molecular weight is 308 g/mol. The Morgan fingerprint density at radius 1 is 1.14 bits per heavy atom. The van der Waals surface area contributed by atoms with E-state index in [1.807, 2.05) is 0 Å². The second-order valence-electron chi connectivity index (χ2n) is 5.08. The van der Waals surface area contributed by atoms with Crippen LogP contribution in [0, 0.1) is 0 Å². The second-order valence-corrected chi connectivity index (χ2v) is 6.85. The summed E-state index contributed by atoms with van der Waals surface area (Å²) in [6.07, 6.45) is 2.34. The van der Waals surface area contributed by atoms with E-state index in [2.05, 4.69) is 10.0 Å². The standard InChI is InChI=1S/C14H16N2O4S/c17-14-6-1-10-9-12(4-5-13(10)20-14)21(18,19)16-8-7-15-11-2-3-11/h1,4-6,9,11,15-16H,2-3,7-8H2. The van der Waals surface area contributed by atoms with E-state index >= 15 is 0 Å². The van der Waals surface area contributed by atoms with E-state index in [1.165, 1.54) is 37.1 Å². The predicted molar refractivity (Wildman–Crippen MR) is 78.7 cm³/mol. The number of nitrogens with one attached hydrogen (secondary N) is 2. The molecule has 3 rings (SSSR count). The summed E-state index contributed by atoms with van der Waals surface area (Å²) in [5.74, 6) is 0. The van der Waals surface area contributed by atoms with Gasteiger partial charge in [-0.2, -0.15) is 0 Å². The zero-order valence-electron chi connectivity index (χ0n) is 11.3. The van der Waals surface area contributed by atoms with Crippen LogP contribution in [-0.4, -0.2) is 27.5 Å². The highest BCUT2D eigenvalue weighted by Gasteiger charge is 2.20. The predicted octanol–water partition coefficient (Wildman–Crippen LogP) is 0.823. The van der Waals surface area contributed by atoms with Crippen LogP contribution in [0.4, 0.5) is 0 Å². The number of sulfonamides is 1. The topological polar surface area (TPSA) is 88.4 Å². The molecule has 1 saturated carbocycles. The maximum atomic E-state index is 12.2. The summed E-state index contributed by atoms with van der Waals surface area (Å²) in [5.41, 5.74) is -0.0840. The zero-order chi connectivity index (χ0) is 14.9. The minimum Gasteiger partial charge on any atom is -0.423 e. The quantitative estimate of drug-likeness (QED) is 0.609. The molecule has 2 N–H and O–H groups in total. The Hall–Kier alpha value is -1.70. The molecule has 0 amide bonds. The molecule has 112 valence electrons. The zero-order valence-corrected chi connectivity index (χ0v) is 12.2. The van der Waals surface area contributed by atoms with Gasteiger partial charge in [0, 0.05) is 30.6 Å². The van der Waals surface area contributed by atoms with Crippen molar-refractivity contribution >= 4 is 21.0 Å². The lowest BCUT2D eigenvalue weighted by atomic mass is 10.2. The summed E-state index contributed by atoms with van der Waals surface area (Å²) in [6, 6.07) is 7.79. The van der Waals surface area contributed by atoms with E-state index in [-0.39, 0.29) is 4.90 Å². The van der Waals surface area contributed by atoms with E-state index in [9.17, 15) is 13.2 Å². The first kappa shape index (κ1) is 14.2. The van der Waals surface area contributed by atoms with Crippen LogP contribution in [0.5, 0.6) is 0 Å². The van der Waals surface area contributed by atoms with E-state index in [4.69, 9.17) is 4.42 Å². The first-order valence-electron chi connectivity index (χ1n) is 6.81. The van der Waals surface area contributed by atoms with Crippen molar-refractivity contribution in [2.45, 2.75) is 23.8 Å². The smallest absolute Gasteiger partial charge is 0.336 e. The molecule has 1 heterocycles. The highest BCUT2D eigenvalue weighted by Crippen LogP contribution is 2.18. The highest BCUT2D eigenvalue weighted by molar-refractivity contribution is 7.89. The fraction of sp³-hybridized carbons (Fsp3) is 0.357. The molecule has 1 fully saturated rings. The van der Waals surface area contributed by atoms with Crippen molar-refractivity contribution in [2.75, 3.05) is 13.1 Å². The molecule has 2 aromatic rings. The molecule has 0 radical (unpaired) electrons. The molecule has 0 atom stereocenters. The first-order valence-corrected chi connectivity index (χ1v) is 8.30. The Kier molecular flexibility index (Phi) is 3.79. The van der Waals surface area contributed by atoms with Gasteiger partial charge in [-0.05, 0) is 37.1 Å². The van der Waals surface area contributed by atoms with Crippen LogP contribution in [0.15, 0.2) is 44.4 Å². The number of hydrogen-bond acceptors (Lipinski definition) is 5. The average Bonchev–Trinajstić information content (AvgIpc) is 3.27. The third kappa shape index (κ3) is 3.49. The van der Waals surface area contributed by atoms with E-state index in [0.717, 1.165) is 0 Å². The summed E-state index contributed by atoms with van der Waals surface area (Å²) >= 11 is 0. The minimum atomic E-state index is -3.55. The Morgan fingerprint density at radius 3 is 2.71 bits per heavy atom. The molecule has 0 unspecified atom stereocenters. The van der Waals surface area contributed by atoms with Crippen molar-refractivity contribution < 1.29 is 12.8 Å². The van der Waals surface area contributed by atoms with Crippen molar-refractivity contribution in [1.29, 1.82) is 0 Å². The lowest BCUT2D eigenvalue weighted by molar-refractivity contribution is 0.560. The van der Waals surface area contributed by atoms with Crippen LogP contribution >= 0.6 is 0 Å². The Balaban J connectivity index is 1.74. The fourth-order valence-corrected chi connectivity index (χ4v) is 3.12. The molecule has 0 spiro atoms. The maximum absolute atomic E-state index is 12.2. The van der Waals surface area contributed by atoms with Gasteiger partial charge in [-0.3, -0.25) is 0 Å². The van der Waals surface area contributed by atoms with Gasteiger partial charge in [0.25, 0.3) is 0 Å². The lowest BCUT2D eigenvalue weighted by Gasteiger charge is -2.08. The van der Waals surface area contributed by atoms with Gasteiger partial charge in [0.15, 0.2) is 0 Å². The summed E-state index contributed by atoms with van der Waals surface area (Å²) in [5, 5.41) is 3.82. The third-order valence-corrected chi connectivity index (χ3v) is 4.79. The Morgan fingerprint density at radius 2 is 1.95 bits per heavy atom. The van der Waals surface area contributed by atoms with Crippen LogP contribution < -0.4 is 15.7 Å². The van der Waals surface area contributed by atoms with Gasteiger partial charge in [0.1, 0.15) is 5.58 Å². The molecule has 1 aromatic heterocycles. The fourth-order valence-electron chi connectivity index (χ4n) is 2.05. The molecule has 1 aliphatic rings. The number of hydrogen-bond donors (Lipinski definition) is 2. The SMILES string of the molecule is O=c1ccc2cc(S(=O)(=O)NCCNC3CC3)ccc2o1. The first-order chi connectivity index (χ1) is 10.0. The Labute approximate surface area is 122 Å². The van der Waals surface area contributed by atoms with Gasteiger partial charge in [-0.15, -0.1) is 0 Å².